The number of ether oxygens (including phenoxy) is 2. The number of aromatic amines is 1. The molecule has 1 N–H and O–H groups in total. The molecule has 10 nitrogen and oxygen atoms in total. The first-order chi connectivity index (χ1) is 25.4. The fraction of sp³-hybridized carbons (Fsp3) is 0.278. The van der Waals surface area contributed by atoms with Crippen LogP contribution in [0.25, 0.3) is 22.8 Å². The van der Waals surface area contributed by atoms with E-state index in [1.165, 1.54) is 29.1 Å². The minimum atomic E-state index is -4.33. The highest BCUT2D eigenvalue weighted by molar-refractivity contribution is 9.09. The van der Waals surface area contributed by atoms with Gasteiger partial charge in [-0.3, -0.25) is 0 Å². The van der Waals surface area contributed by atoms with Crippen molar-refractivity contribution < 1.29 is 35.8 Å². The van der Waals surface area contributed by atoms with Crippen molar-refractivity contribution in [3.05, 3.63) is 130 Å². The topological polar surface area (TPSA) is 117 Å². The first-order valence-corrected chi connectivity index (χ1v) is 17.1. The summed E-state index contributed by atoms with van der Waals surface area (Å²) in [5.41, 5.74) is 3.69. The number of tetrazole rings is 2. The van der Waals surface area contributed by atoms with E-state index < -0.39 is 23.5 Å². The van der Waals surface area contributed by atoms with Crippen LogP contribution in [0.15, 0.2) is 97.1 Å². The SMILES string of the molecule is COCCBr.COCCn1nnc(-c2ccccc2Cc2ccc(C(F)(F)F)cc2)n1.FC(F)(F)c1ccc(Cc2ccccc2-c2nn[nH]n2)cc1. The van der Waals surface area contributed by atoms with Gasteiger partial charge in [0.1, 0.15) is 0 Å². The van der Waals surface area contributed by atoms with E-state index in [2.05, 4.69) is 56.7 Å². The molecule has 0 aliphatic rings. The van der Waals surface area contributed by atoms with Gasteiger partial charge in [-0.1, -0.05) is 88.7 Å². The van der Waals surface area contributed by atoms with Gasteiger partial charge in [-0.25, -0.2) is 0 Å². The number of alkyl halides is 7. The van der Waals surface area contributed by atoms with Crippen molar-refractivity contribution in [1.82, 2.24) is 40.8 Å². The molecular formula is C36H35BrF6N8O2. The predicted molar refractivity (Wildman–Crippen MR) is 189 cm³/mol. The first-order valence-electron chi connectivity index (χ1n) is 16.0. The van der Waals surface area contributed by atoms with E-state index in [-0.39, 0.29) is 0 Å². The summed E-state index contributed by atoms with van der Waals surface area (Å²) in [6.07, 6.45) is -7.69. The molecule has 0 amide bonds. The molecule has 0 aliphatic carbocycles. The monoisotopic (exact) mass is 804 g/mol. The van der Waals surface area contributed by atoms with Crippen LogP contribution < -0.4 is 0 Å². The second-order valence-corrected chi connectivity index (χ2v) is 12.0. The largest absolute Gasteiger partial charge is 0.416 e. The van der Waals surface area contributed by atoms with Crippen LogP contribution in [0.4, 0.5) is 26.3 Å². The lowest BCUT2D eigenvalue weighted by Crippen LogP contribution is -2.07. The van der Waals surface area contributed by atoms with Crippen molar-refractivity contribution in [3.63, 3.8) is 0 Å². The predicted octanol–water partition coefficient (Wildman–Crippen LogP) is 8.10. The highest BCUT2D eigenvalue weighted by Gasteiger charge is 2.30. The van der Waals surface area contributed by atoms with Gasteiger partial charge in [0.05, 0.1) is 30.9 Å². The van der Waals surface area contributed by atoms with Crippen LogP contribution in [0.3, 0.4) is 0 Å². The number of nitrogens with one attached hydrogen (secondary N) is 1. The maximum Gasteiger partial charge on any atom is 0.416 e. The van der Waals surface area contributed by atoms with Crippen LogP contribution in [0.1, 0.15) is 33.4 Å². The van der Waals surface area contributed by atoms with Crippen molar-refractivity contribution >= 4 is 15.9 Å². The zero-order valence-electron chi connectivity index (χ0n) is 28.6. The third-order valence-corrected chi connectivity index (χ3v) is 7.77. The lowest BCUT2D eigenvalue weighted by molar-refractivity contribution is -0.138. The maximum absolute atomic E-state index is 12.7. The molecule has 0 bridgehead atoms. The second kappa shape index (κ2) is 19.7. The van der Waals surface area contributed by atoms with E-state index in [0.29, 0.717) is 37.6 Å². The molecule has 6 aromatic rings. The fourth-order valence-electron chi connectivity index (χ4n) is 4.82. The third kappa shape index (κ3) is 12.6. The molecule has 4 aromatic carbocycles. The average Bonchev–Trinajstić information content (AvgIpc) is 3.85. The van der Waals surface area contributed by atoms with Crippen LogP contribution >= 0.6 is 15.9 Å². The van der Waals surface area contributed by atoms with Crippen LogP contribution in [-0.4, -0.2) is 73.6 Å². The number of halogens is 7. The summed E-state index contributed by atoms with van der Waals surface area (Å²) in [5.74, 6) is 0.936. The Hall–Kier alpha value is -5.00. The highest BCUT2D eigenvalue weighted by atomic mass is 79.9. The Morgan fingerprint density at radius 3 is 1.55 bits per heavy atom. The van der Waals surface area contributed by atoms with E-state index in [1.54, 1.807) is 14.2 Å². The molecule has 0 radical (unpaired) electrons. The van der Waals surface area contributed by atoms with Crippen molar-refractivity contribution in [2.45, 2.75) is 31.7 Å². The molecule has 0 saturated heterocycles. The standard InChI is InChI=1S/C18H17F3N4O.C15H11F3N4.C3H7BrO/c1-26-11-10-25-23-17(22-24-25)16-5-3-2-4-14(16)12-13-6-8-15(9-7-13)18(19,20)21;16-15(17,18)12-7-5-10(6-8-12)9-11-3-1-2-4-13(11)14-19-21-22-20-14;1-5-3-2-4/h2-9H,10-12H2,1H3;1-8H,9H2,(H,19,20,21,22);2-3H2,1H3. The van der Waals surface area contributed by atoms with Gasteiger partial charge in [-0.05, 0) is 69.8 Å². The Balaban J connectivity index is 0.000000212. The van der Waals surface area contributed by atoms with Gasteiger partial charge < -0.3 is 9.47 Å². The molecule has 280 valence electrons. The molecule has 0 unspecified atom stereocenters. The molecular weight excluding hydrogens is 770 g/mol. The lowest BCUT2D eigenvalue weighted by atomic mass is 9.98. The van der Waals surface area contributed by atoms with Gasteiger partial charge in [0.25, 0.3) is 0 Å². The van der Waals surface area contributed by atoms with Crippen molar-refractivity contribution in [2.24, 2.45) is 0 Å². The molecule has 53 heavy (non-hydrogen) atoms. The van der Waals surface area contributed by atoms with Gasteiger partial charge in [0.15, 0.2) is 0 Å². The van der Waals surface area contributed by atoms with Crippen LogP contribution in [0, 0.1) is 0 Å². The van der Waals surface area contributed by atoms with Crippen molar-refractivity contribution in [2.75, 3.05) is 32.8 Å². The number of methoxy groups -OCH3 is 2. The molecule has 2 aromatic heterocycles. The van der Waals surface area contributed by atoms with E-state index >= 15 is 0 Å². The summed E-state index contributed by atoms with van der Waals surface area (Å²) in [7, 11) is 3.28. The molecule has 17 heteroatoms. The number of hydrogen-bond donors (Lipinski definition) is 1. The molecule has 0 aliphatic heterocycles. The normalized spacial score (nSPS) is 11.3. The number of aromatic nitrogens is 8. The number of H-pyrrole nitrogens is 1. The van der Waals surface area contributed by atoms with Crippen LogP contribution in [0.5, 0.6) is 0 Å². The zero-order chi connectivity index (χ0) is 38.3. The summed E-state index contributed by atoms with van der Waals surface area (Å²) in [5, 5.41) is 27.1. The minimum Gasteiger partial charge on any atom is -0.384 e. The smallest absolute Gasteiger partial charge is 0.384 e. The molecule has 0 fully saturated rings. The summed E-state index contributed by atoms with van der Waals surface area (Å²) < 4.78 is 85.4. The van der Waals surface area contributed by atoms with Gasteiger partial charge in [0.2, 0.25) is 11.6 Å². The number of nitrogens with zero attached hydrogens (tertiary/aromatic N) is 7. The van der Waals surface area contributed by atoms with E-state index in [0.717, 1.165) is 69.6 Å². The number of rotatable bonds is 11. The Labute approximate surface area is 309 Å². The van der Waals surface area contributed by atoms with E-state index in [9.17, 15) is 26.3 Å². The Bertz CT molecular complexity index is 1950. The molecule has 0 atom stereocenters. The fourth-order valence-corrected chi connectivity index (χ4v) is 5.14. The summed E-state index contributed by atoms with van der Waals surface area (Å²) in [6, 6.07) is 25.3. The molecule has 0 saturated carbocycles. The van der Waals surface area contributed by atoms with Gasteiger partial charge >= 0.3 is 12.4 Å². The Morgan fingerprint density at radius 2 is 1.13 bits per heavy atom. The molecule has 6 rings (SSSR count). The van der Waals surface area contributed by atoms with Gasteiger partial charge in [-0.15, -0.1) is 20.4 Å². The van der Waals surface area contributed by atoms with Crippen molar-refractivity contribution in [3.8, 4) is 22.8 Å². The number of hydrogen-bond acceptors (Lipinski definition) is 8. The molecule has 2 heterocycles. The second-order valence-electron chi connectivity index (χ2n) is 11.2. The van der Waals surface area contributed by atoms with E-state index in [4.69, 9.17) is 4.74 Å². The van der Waals surface area contributed by atoms with Gasteiger partial charge in [0, 0.05) is 30.7 Å². The maximum atomic E-state index is 12.7. The van der Waals surface area contributed by atoms with Crippen molar-refractivity contribution in [1.29, 1.82) is 0 Å². The highest BCUT2D eigenvalue weighted by Crippen LogP contribution is 2.31. The summed E-state index contributed by atoms with van der Waals surface area (Å²) >= 11 is 3.18. The van der Waals surface area contributed by atoms with E-state index in [1.807, 2.05) is 48.5 Å². The Kier molecular flexibility index (Phi) is 15.2. The zero-order valence-corrected chi connectivity index (χ0v) is 30.2. The first kappa shape index (κ1) is 40.8. The third-order valence-electron chi connectivity index (χ3n) is 7.44. The summed E-state index contributed by atoms with van der Waals surface area (Å²) in [4.78, 5) is 1.45. The minimum absolute atomic E-state index is 0.461. The lowest BCUT2D eigenvalue weighted by Gasteiger charge is -2.09. The Morgan fingerprint density at radius 1 is 0.642 bits per heavy atom. The van der Waals surface area contributed by atoms with Crippen LogP contribution in [0.2, 0.25) is 0 Å². The quantitative estimate of drug-likeness (QED) is 0.103. The summed E-state index contributed by atoms with van der Waals surface area (Å²) in [6.45, 7) is 1.77. The van der Waals surface area contributed by atoms with Crippen LogP contribution in [-0.2, 0) is 41.2 Å². The average molecular weight is 806 g/mol. The number of benzene rings is 4. The molecule has 0 spiro atoms. The van der Waals surface area contributed by atoms with Gasteiger partial charge in [-0.2, -0.15) is 36.4 Å².